The van der Waals surface area contributed by atoms with Gasteiger partial charge >= 0.3 is 0 Å². The van der Waals surface area contributed by atoms with Gasteiger partial charge in [-0.3, -0.25) is 4.99 Å². The standard InChI is InChI=1S/C12H20N8S3/c1-13-9-10(20-23-19-9)16-4-5-21-6-8-7-22-12(17-8)18-11(14-2)15-3/h7H,4-6H2,1-3H3,(H,13,19)(H,16,20)(H2,14,15,17,18). The summed E-state index contributed by atoms with van der Waals surface area (Å²) in [5, 5.41) is 15.3. The van der Waals surface area contributed by atoms with Gasteiger partial charge in [0.1, 0.15) is 0 Å². The quantitative estimate of drug-likeness (QED) is 0.317. The average molecular weight is 373 g/mol. The fourth-order valence-corrected chi connectivity index (χ4v) is 3.74. The van der Waals surface area contributed by atoms with Crippen LogP contribution in [0, 0.1) is 0 Å². The molecule has 0 saturated heterocycles. The van der Waals surface area contributed by atoms with Gasteiger partial charge in [0, 0.05) is 44.6 Å². The Balaban J connectivity index is 1.68. The van der Waals surface area contributed by atoms with E-state index in [9.17, 15) is 0 Å². The monoisotopic (exact) mass is 372 g/mol. The molecule has 0 aliphatic heterocycles. The molecule has 2 rings (SSSR count). The number of thiazole rings is 1. The molecule has 0 atom stereocenters. The molecule has 8 nitrogen and oxygen atoms in total. The van der Waals surface area contributed by atoms with Crippen molar-refractivity contribution in [2.45, 2.75) is 5.75 Å². The second-order valence-electron chi connectivity index (χ2n) is 4.28. The first-order valence-corrected chi connectivity index (χ1v) is 9.71. The van der Waals surface area contributed by atoms with Gasteiger partial charge in [-0.05, 0) is 0 Å². The smallest absolute Gasteiger partial charge is 0.197 e. The minimum Gasteiger partial charge on any atom is -0.369 e. The second kappa shape index (κ2) is 9.53. The Morgan fingerprint density at radius 2 is 2.13 bits per heavy atom. The van der Waals surface area contributed by atoms with Gasteiger partial charge in [-0.2, -0.15) is 20.5 Å². The van der Waals surface area contributed by atoms with Crippen LogP contribution in [0.2, 0.25) is 0 Å². The molecule has 0 aromatic carbocycles. The zero-order valence-corrected chi connectivity index (χ0v) is 15.7. The molecule has 0 unspecified atom stereocenters. The summed E-state index contributed by atoms with van der Waals surface area (Å²) in [4.78, 5) is 8.60. The lowest BCUT2D eigenvalue weighted by molar-refractivity contribution is 1.13. The van der Waals surface area contributed by atoms with Gasteiger partial charge in [0.2, 0.25) is 0 Å². The van der Waals surface area contributed by atoms with E-state index in [1.165, 1.54) is 11.7 Å². The normalized spacial score (nSPS) is 11.3. The molecule has 126 valence electrons. The summed E-state index contributed by atoms with van der Waals surface area (Å²) in [6.45, 7) is 0.840. The molecule has 23 heavy (non-hydrogen) atoms. The first-order chi connectivity index (χ1) is 11.3. The van der Waals surface area contributed by atoms with Crippen molar-refractivity contribution >= 4 is 57.6 Å². The van der Waals surface area contributed by atoms with E-state index >= 15 is 0 Å². The third-order valence-corrected chi connectivity index (χ3v) is 5.08. The van der Waals surface area contributed by atoms with Gasteiger partial charge in [0.05, 0.1) is 17.4 Å². The van der Waals surface area contributed by atoms with Crippen LogP contribution < -0.4 is 21.3 Å². The maximum absolute atomic E-state index is 4.54. The van der Waals surface area contributed by atoms with Crippen LogP contribution in [0.1, 0.15) is 5.69 Å². The van der Waals surface area contributed by atoms with Crippen molar-refractivity contribution in [3.8, 4) is 0 Å². The molecule has 4 N–H and O–H groups in total. The highest BCUT2D eigenvalue weighted by atomic mass is 32.2. The van der Waals surface area contributed by atoms with Crippen molar-refractivity contribution in [2.75, 3.05) is 49.4 Å². The molecule has 2 aromatic heterocycles. The molecule has 2 aromatic rings. The number of nitrogens with one attached hydrogen (secondary N) is 4. The number of nitrogens with zero attached hydrogens (tertiary/aromatic N) is 4. The Morgan fingerprint density at radius 3 is 2.87 bits per heavy atom. The summed E-state index contributed by atoms with van der Waals surface area (Å²) >= 11 is 4.61. The van der Waals surface area contributed by atoms with Crippen LogP contribution in [-0.2, 0) is 5.75 Å². The van der Waals surface area contributed by atoms with Gasteiger partial charge in [-0.15, -0.1) is 11.3 Å². The number of anilines is 3. The third kappa shape index (κ3) is 5.52. The van der Waals surface area contributed by atoms with Crippen molar-refractivity contribution in [3.63, 3.8) is 0 Å². The van der Waals surface area contributed by atoms with Crippen LogP contribution in [0.25, 0.3) is 0 Å². The molecular formula is C12H20N8S3. The van der Waals surface area contributed by atoms with Gasteiger partial charge in [0.25, 0.3) is 0 Å². The lowest BCUT2D eigenvalue weighted by atomic mass is 10.6. The van der Waals surface area contributed by atoms with Crippen molar-refractivity contribution in [1.82, 2.24) is 19.0 Å². The summed E-state index contributed by atoms with van der Waals surface area (Å²) in [5.74, 6) is 4.18. The Hall–Kier alpha value is -1.59. The van der Waals surface area contributed by atoms with Crippen LogP contribution >= 0.6 is 34.8 Å². The maximum Gasteiger partial charge on any atom is 0.197 e. The minimum atomic E-state index is 0.708. The van der Waals surface area contributed by atoms with Crippen LogP contribution in [0.15, 0.2) is 10.4 Å². The van der Waals surface area contributed by atoms with E-state index < -0.39 is 0 Å². The second-order valence-corrected chi connectivity index (χ2v) is 6.77. The van der Waals surface area contributed by atoms with Crippen LogP contribution in [0.3, 0.4) is 0 Å². The molecule has 2 heterocycles. The molecule has 0 radical (unpaired) electrons. The Kier molecular flexibility index (Phi) is 7.36. The molecule has 0 aliphatic rings. The van der Waals surface area contributed by atoms with Crippen LogP contribution in [0.5, 0.6) is 0 Å². The summed E-state index contributed by atoms with van der Waals surface area (Å²) in [6, 6.07) is 0. The van der Waals surface area contributed by atoms with Crippen LogP contribution in [-0.4, -0.2) is 53.1 Å². The number of aliphatic imine (C=N–C) groups is 1. The predicted octanol–water partition coefficient (Wildman–Crippen LogP) is 2.00. The number of thioether (sulfide) groups is 1. The Bertz CT molecular complexity index is 623. The largest absolute Gasteiger partial charge is 0.369 e. The van der Waals surface area contributed by atoms with E-state index in [4.69, 9.17) is 0 Å². The highest BCUT2D eigenvalue weighted by Crippen LogP contribution is 2.20. The fourth-order valence-electron chi connectivity index (χ4n) is 1.65. The van der Waals surface area contributed by atoms with E-state index in [0.717, 1.165) is 40.5 Å². The molecule has 0 aliphatic carbocycles. The molecule has 11 heteroatoms. The zero-order valence-electron chi connectivity index (χ0n) is 13.2. The third-order valence-electron chi connectivity index (χ3n) is 2.75. The number of guanidine groups is 1. The Labute approximate surface area is 147 Å². The van der Waals surface area contributed by atoms with Crippen molar-refractivity contribution in [1.29, 1.82) is 0 Å². The predicted molar refractivity (Wildman–Crippen MR) is 102 cm³/mol. The van der Waals surface area contributed by atoms with E-state index in [-0.39, 0.29) is 0 Å². The molecule has 0 bridgehead atoms. The highest BCUT2D eigenvalue weighted by molar-refractivity contribution is 7.98. The summed E-state index contributed by atoms with van der Waals surface area (Å²) in [5.41, 5.74) is 1.07. The molecule has 0 spiro atoms. The van der Waals surface area contributed by atoms with E-state index in [0.29, 0.717) is 5.96 Å². The number of aromatic nitrogens is 3. The summed E-state index contributed by atoms with van der Waals surface area (Å²) in [6.07, 6.45) is 0. The molecular weight excluding hydrogens is 352 g/mol. The first-order valence-electron chi connectivity index (χ1n) is 6.94. The fraction of sp³-hybridized carbons (Fsp3) is 0.500. The van der Waals surface area contributed by atoms with Gasteiger partial charge in [-0.1, -0.05) is 0 Å². The number of hydrogen-bond acceptors (Lipinski definition) is 9. The summed E-state index contributed by atoms with van der Waals surface area (Å²) in [7, 11) is 5.39. The highest BCUT2D eigenvalue weighted by Gasteiger charge is 2.06. The van der Waals surface area contributed by atoms with Crippen molar-refractivity contribution in [3.05, 3.63) is 11.1 Å². The number of rotatable bonds is 8. The van der Waals surface area contributed by atoms with Gasteiger partial charge in [0.15, 0.2) is 22.7 Å². The lowest BCUT2D eigenvalue weighted by Gasteiger charge is -2.04. The molecule has 0 amide bonds. The minimum absolute atomic E-state index is 0.708. The SMILES string of the molecule is CN=C(NC)Nc1nc(CSCCNc2nsnc2NC)cs1. The Morgan fingerprint density at radius 1 is 1.30 bits per heavy atom. The topological polar surface area (TPSA) is 99.2 Å². The van der Waals surface area contributed by atoms with E-state index in [1.54, 1.807) is 18.4 Å². The summed E-state index contributed by atoms with van der Waals surface area (Å²) < 4.78 is 8.34. The van der Waals surface area contributed by atoms with E-state index in [2.05, 4.69) is 45.4 Å². The van der Waals surface area contributed by atoms with Gasteiger partial charge < -0.3 is 21.3 Å². The van der Waals surface area contributed by atoms with E-state index in [1.807, 2.05) is 25.9 Å². The average Bonchev–Trinajstić information content (AvgIpc) is 3.21. The van der Waals surface area contributed by atoms with Crippen LogP contribution in [0.4, 0.5) is 16.8 Å². The lowest BCUT2D eigenvalue weighted by Crippen LogP contribution is -2.26. The van der Waals surface area contributed by atoms with Gasteiger partial charge in [-0.25, -0.2) is 4.98 Å². The van der Waals surface area contributed by atoms with Crippen molar-refractivity contribution in [2.24, 2.45) is 4.99 Å². The molecule has 0 fully saturated rings. The maximum atomic E-state index is 4.54. The zero-order chi connectivity index (χ0) is 16.5. The first kappa shape index (κ1) is 17.8. The van der Waals surface area contributed by atoms with Crippen molar-refractivity contribution < 1.29 is 0 Å². The molecule has 0 saturated carbocycles. The number of hydrogen-bond donors (Lipinski definition) is 4.